The molecule has 4 N–H and O–H groups in total. The van der Waals surface area contributed by atoms with E-state index in [0.29, 0.717) is 5.56 Å². The molecule has 0 aromatic carbocycles. The van der Waals surface area contributed by atoms with Crippen LogP contribution in [0.1, 0.15) is 12.5 Å². The van der Waals surface area contributed by atoms with Crippen LogP contribution in [0.2, 0.25) is 0 Å². The monoisotopic (exact) mass is 164 g/mol. The Kier molecular flexibility index (Phi) is 2.63. The lowest BCUT2D eigenvalue weighted by molar-refractivity contribution is 1.16. The second-order valence-electron chi connectivity index (χ2n) is 2.37. The van der Waals surface area contributed by atoms with Crippen molar-refractivity contribution in [1.82, 2.24) is 4.98 Å². The van der Waals surface area contributed by atoms with Crippen LogP contribution in [-0.2, 0) is 0 Å². The van der Waals surface area contributed by atoms with Gasteiger partial charge in [-0.25, -0.2) is 4.98 Å². The summed E-state index contributed by atoms with van der Waals surface area (Å²) in [5.74, 6) is 0.821. The third-order valence-electron chi connectivity index (χ3n) is 1.43. The predicted molar refractivity (Wildman–Crippen MR) is 49.4 cm³/mol. The number of hydrogen-bond donors (Lipinski definition) is 3. The van der Waals surface area contributed by atoms with Crippen molar-refractivity contribution in [3.8, 4) is 0 Å². The van der Waals surface area contributed by atoms with Gasteiger partial charge >= 0.3 is 0 Å². The van der Waals surface area contributed by atoms with E-state index in [1.54, 1.807) is 18.3 Å². The molecule has 0 aliphatic carbocycles. The molecule has 1 heterocycles. The Bertz CT molecular complexity index is 282. The van der Waals surface area contributed by atoms with Crippen LogP contribution in [0.25, 0.3) is 0 Å². The van der Waals surface area contributed by atoms with Gasteiger partial charge in [0.2, 0.25) is 0 Å². The molecule has 1 aromatic heterocycles. The average Bonchev–Trinajstić information content (AvgIpc) is 2.05. The predicted octanol–water partition coefficient (Wildman–Crippen LogP) is 0.797. The van der Waals surface area contributed by atoms with Crippen molar-refractivity contribution in [3.63, 3.8) is 0 Å². The van der Waals surface area contributed by atoms with Crippen molar-refractivity contribution in [2.24, 2.45) is 5.73 Å². The third kappa shape index (κ3) is 1.95. The molecule has 0 radical (unpaired) electrons. The molecule has 1 rings (SSSR count). The summed E-state index contributed by atoms with van der Waals surface area (Å²) in [6, 6.07) is 3.47. The molecule has 4 nitrogen and oxygen atoms in total. The van der Waals surface area contributed by atoms with Gasteiger partial charge in [0.05, 0.1) is 0 Å². The van der Waals surface area contributed by atoms with Gasteiger partial charge in [-0.15, -0.1) is 0 Å². The minimum Gasteiger partial charge on any atom is -0.384 e. The summed E-state index contributed by atoms with van der Waals surface area (Å²) in [4.78, 5) is 4.05. The lowest BCUT2D eigenvalue weighted by Gasteiger charge is -2.03. The van der Waals surface area contributed by atoms with Crippen LogP contribution in [0.3, 0.4) is 0 Å². The van der Waals surface area contributed by atoms with Gasteiger partial charge in [-0.1, -0.05) is 0 Å². The van der Waals surface area contributed by atoms with Gasteiger partial charge in [-0.05, 0) is 19.1 Å². The van der Waals surface area contributed by atoms with Crippen molar-refractivity contribution in [2.75, 3.05) is 11.9 Å². The van der Waals surface area contributed by atoms with Crippen molar-refractivity contribution < 1.29 is 0 Å². The van der Waals surface area contributed by atoms with Gasteiger partial charge in [-0.2, -0.15) is 0 Å². The first-order chi connectivity index (χ1) is 5.74. The highest BCUT2D eigenvalue weighted by Gasteiger charge is 1.97. The average molecular weight is 164 g/mol. The molecule has 0 aliphatic rings. The van der Waals surface area contributed by atoms with Gasteiger partial charge in [0.1, 0.15) is 11.7 Å². The Balaban J connectivity index is 2.88. The van der Waals surface area contributed by atoms with E-state index in [-0.39, 0.29) is 5.84 Å². The number of hydrogen-bond acceptors (Lipinski definition) is 3. The largest absolute Gasteiger partial charge is 0.384 e. The molecule has 64 valence electrons. The first-order valence-electron chi connectivity index (χ1n) is 3.78. The minimum atomic E-state index is 0.0663. The van der Waals surface area contributed by atoms with Crippen LogP contribution >= 0.6 is 0 Å². The normalized spacial score (nSPS) is 9.42. The third-order valence-corrected chi connectivity index (χ3v) is 1.43. The van der Waals surface area contributed by atoms with E-state index in [9.17, 15) is 0 Å². The summed E-state index contributed by atoms with van der Waals surface area (Å²) in [7, 11) is 0. The topological polar surface area (TPSA) is 74.8 Å². The summed E-state index contributed by atoms with van der Waals surface area (Å²) in [5.41, 5.74) is 6.00. The van der Waals surface area contributed by atoms with E-state index in [2.05, 4.69) is 10.3 Å². The lowest BCUT2D eigenvalue weighted by Crippen LogP contribution is -2.11. The fourth-order valence-corrected chi connectivity index (χ4v) is 0.876. The summed E-state index contributed by atoms with van der Waals surface area (Å²) in [5, 5.41) is 10.2. The van der Waals surface area contributed by atoms with Crippen LogP contribution in [0.4, 0.5) is 5.82 Å². The Hall–Kier alpha value is -1.58. The van der Waals surface area contributed by atoms with Gasteiger partial charge in [0.25, 0.3) is 0 Å². The lowest BCUT2D eigenvalue weighted by atomic mass is 10.2. The highest BCUT2D eigenvalue weighted by atomic mass is 15.0. The number of amidine groups is 1. The molecule has 0 atom stereocenters. The number of pyridine rings is 1. The van der Waals surface area contributed by atoms with Crippen molar-refractivity contribution in [1.29, 1.82) is 5.41 Å². The number of aromatic nitrogens is 1. The number of nitrogen functional groups attached to an aromatic ring is 1. The molecule has 0 spiro atoms. The first-order valence-corrected chi connectivity index (χ1v) is 3.78. The first kappa shape index (κ1) is 8.52. The quantitative estimate of drug-likeness (QED) is 0.457. The van der Waals surface area contributed by atoms with E-state index >= 15 is 0 Å². The van der Waals surface area contributed by atoms with E-state index in [4.69, 9.17) is 11.1 Å². The van der Waals surface area contributed by atoms with Crippen molar-refractivity contribution in [2.45, 2.75) is 6.92 Å². The zero-order valence-electron chi connectivity index (χ0n) is 6.96. The molecule has 0 fully saturated rings. The van der Waals surface area contributed by atoms with Gasteiger partial charge < -0.3 is 11.1 Å². The smallest absolute Gasteiger partial charge is 0.126 e. The number of nitrogens with two attached hydrogens (primary N) is 1. The maximum Gasteiger partial charge on any atom is 0.126 e. The molecule has 12 heavy (non-hydrogen) atoms. The van der Waals surface area contributed by atoms with Gasteiger partial charge in [0, 0.05) is 18.3 Å². The summed E-state index contributed by atoms with van der Waals surface area (Å²) >= 11 is 0. The van der Waals surface area contributed by atoms with E-state index in [1.165, 1.54) is 0 Å². The highest BCUT2D eigenvalue weighted by molar-refractivity contribution is 5.95. The summed E-state index contributed by atoms with van der Waals surface area (Å²) in [6.07, 6.45) is 1.63. The SMILES string of the molecule is CCNc1cc(C(=N)N)ccn1. The second kappa shape index (κ2) is 3.71. The Morgan fingerprint density at radius 2 is 2.50 bits per heavy atom. The van der Waals surface area contributed by atoms with Gasteiger partial charge in [0.15, 0.2) is 0 Å². The summed E-state index contributed by atoms with van der Waals surface area (Å²) < 4.78 is 0. The fraction of sp³-hybridized carbons (Fsp3) is 0.250. The van der Waals surface area contributed by atoms with Crippen molar-refractivity contribution in [3.05, 3.63) is 23.9 Å². The maximum atomic E-state index is 7.19. The number of rotatable bonds is 3. The fourth-order valence-electron chi connectivity index (χ4n) is 0.876. The zero-order valence-corrected chi connectivity index (χ0v) is 6.96. The van der Waals surface area contributed by atoms with E-state index in [0.717, 1.165) is 12.4 Å². The summed E-state index contributed by atoms with van der Waals surface area (Å²) in [6.45, 7) is 2.80. The number of nitrogens with one attached hydrogen (secondary N) is 2. The van der Waals surface area contributed by atoms with Crippen LogP contribution in [0, 0.1) is 5.41 Å². The molecule has 0 amide bonds. The molecule has 4 heteroatoms. The Morgan fingerprint density at radius 1 is 1.75 bits per heavy atom. The maximum absolute atomic E-state index is 7.19. The van der Waals surface area contributed by atoms with Crippen LogP contribution < -0.4 is 11.1 Å². The van der Waals surface area contributed by atoms with E-state index < -0.39 is 0 Å². The molecule has 0 unspecified atom stereocenters. The molecule has 0 saturated carbocycles. The zero-order chi connectivity index (χ0) is 8.97. The molecule has 0 saturated heterocycles. The number of anilines is 1. The van der Waals surface area contributed by atoms with Crippen molar-refractivity contribution >= 4 is 11.7 Å². The molecule has 0 bridgehead atoms. The van der Waals surface area contributed by atoms with E-state index in [1.807, 2.05) is 6.92 Å². The highest BCUT2D eigenvalue weighted by Crippen LogP contribution is 2.04. The molecule has 0 aliphatic heterocycles. The molecular formula is C8H12N4. The standard InChI is InChI=1S/C8H12N4/c1-2-11-7-5-6(8(9)10)3-4-12-7/h3-5H,2H2,1H3,(H3,9,10)(H,11,12). The van der Waals surface area contributed by atoms with Crippen LogP contribution in [0.5, 0.6) is 0 Å². The van der Waals surface area contributed by atoms with Gasteiger partial charge in [-0.3, -0.25) is 5.41 Å². The minimum absolute atomic E-state index is 0.0663. The van der Waals surface area contributed by atoms with Crippen LogP contribution in [-0.4, -0.2) is 17.4 Å². The van der Waals surface area contributed by atoms with Crippen LogP contribution in [0.15, 0.2) is 18.3 Å². The Labute approximate surface area is 71.3 Å². The molecular weight excluding hydrogens is 152 g/mol. The number of nitrogens with zero attached hydrogens (tertiary/aromatic N) is 1. The second-order valence-corrected chi connectivity index (χ2v) is 2.37. The molecule has 1 aromatic rings. The Morgan fingerprint density at radius 3 is 3.08 bits per heavy atom.